The normalized spacial score (nSPS) is 10.5. The van der Waals surface area contributed by atoms with Crippen molar-refractivity contribution in [1.82, 2.24) is 0 Å². The lowest BCUT2D eigenvalue weighted by Crippen LogP contribution is -2.28. The molecule has 1 rings (SSSR count). The number of benzene rings is 1. The topological polar surface area (TPSA) is 49.5 Å². The van der Waals surface area contributed by atoms with Gasteiger partial charge in [0.05, 0.1) is 6.61 Å². The van der Waals surface area contributed by atoms with E-state index < -0.39 is 0 Å². The monoisotopic (exact) mass is 226 g/mol. The molecule has 0 radical (unpaired) electrons. The first-order valence-electron chi connectivity index (χ1n) is 5.57. The van der Waals surface area contributed by atoms with Gasteiger partial charge >= 0.3 is 0 Å². The number of hydrogen-bond donors (Lipinski definition) is 2. The number of aliphatic hydroxyl groups excluding tert-OH is 1. The van der Waals surface area contributed by atoms with Crippen LogP contribution in [0.15, 0.2) is 18.2 Å². The predicted octanol–water partition coefficient (Wildman–Crippen LogP) is 1.49. The first kappa shape index (κ1) is 12.9. The molecule has 16 heavy (non-hydrogen) atoms. The average Bonchev–Trinajstić information content (AvgIpc) is 2.28. The van der Waals surface area contributed by atoms with Crippen molar-refractivity contribution in [3.05, 3.63) is 29.6 Å². The van der Waals surface area contributed by atoms with E-state index in [1.165, 1.54) is 12.1 Å². The van der Waals surface area contributed by atoms with Gasteiger partial charge in [-0.15, -0.1) is 0 Å². The number of anilines is 1. The van der Waals surface area contributed by atoms with Crippen LogP contribution in [0.25, 0.3) is 0 Å². The van der Waals surface area contributed by atoms with Gasteiger partial charge in [0.1, 0.15) is 5.82 Å². The highest BCUT2D eigenvalue weighted by Gasteiger charge is 2.10. The summed E-state index contributed by atoms with van der Waals surface area (Å²) >= 11 is 0. The molecule has 0 atom stereocenters. The molecule has 0 aliphatic heterocycles. The molecule has 90 valence electrons. The minimum atomic E-state index is -0.273. The number of nitrogens with two attached hydrogens (primary N) is 1. The van der Waals surface area contributed by atoms with Crippen molar-refractivity contribution in [3.63, 3.8) is 0 Å². The summed E-state index contributed by atoms with van der Waals surface area (Å²) in [5.41, 5.74) is 7.29. The van der Waals surface area contributed by atoms with Gasteiger partial charge in [-0.1, -0.05) is 6.92 Å². The smallest absolute Gasteiger partial charge is 0.123 e. The van der Waals surface area contributed by atoms with E-state index in [1.54, 1.807) is 6.07 Å². The Kier molecular flexibility index (Phi) is 5.22. The van der Waals surface area contributed by atoms with Crippen molar-refractivity contribution >= 4 is 5.69 Å². The molecule has 0 aliphatic rings. The fourth-order valence-corrected chi connectivity index (χ4v) is 1.77. The fourth-order valence-electron chi connectivity index (χ4n) is 1.77. The van der Waals surface area contributed by atoms with Crippen molar-refractivity contribution < 1.29 is 9.50 Å². The molecule has 0 saturated heterocycles. The van der Waals surface area contributed by atoms with Gasteiger partial charge in [-0.3, -0.25) is 0 Å². The lowest BCUT2D eigenvalue weighted by Gasteiger charge is -2.25. The van der Waals surface area contributed by atoms with E-state index in [4.69, 9.17) is 10.8 Å². The molecule has 0 fully saturated rings. The van der Waals surface area contributed by atoms with Gasteiger partial charge in [0, 0.05) is 25.3 Å². The standard InChI is InChI=1S/C12H19FN2O/c1-2-5-15(6-7-16)12-4-3-11(13)8-10(12)9-14/h3-4,8,16H,2,5-7,9,14H2,1H3. The van der Waals surface area contributed by atoms with Crippen LogP contribution < -0.4 is 10.6 Å². The van der Waals surface area contributed by atoms with Gasteiger partial charge in [-0.25, -0.2) is 4.39 Å². The summed E-state index contributed by atoms with van der Waals surface area (Å²) in [6.45, 7) is 3.84. The Labute approximate surface area is 95.7 Å². The molecule has 0 amide bonds. The Balaban J connectivity index is 2.97. The molecule has 0 aliphatic carbocycles. The fraction of sp³-hybridized carbons (Fsp3) is 0.500. The van der Waals surface area contributed by atoms with Crippen LogP contribution in [-0.4, -0.2) is 24.8 Å². The zero-order valence-corrected chi connectivity index (χ0v) is 9.62. The Morgan fingerprint density at radius 2 is 2.12 bits per heavy atom. The number of aliphatic hydroxyl groups is 1. The third-order valence-electron chi connectivity index (χ3n) is 2.47. The van der Waals surface area contributed by atoms with Gasteiger partial charge < -0.3 is 15.7 Å². The van der Waals surface area contributed by atoms with E-state index >= 15 is 0 Å². The first-order valence-corrected chi connectivity index (χ1v) is 5.57. The molecular formula is C12H19FN2O. The van der Waals surface area contributed by atoms with Crippen LogP contribution in [0.3, 0.4) is 0 Å². The van der Waals surface area contributed by atoms with E-state index in [2.05, 4.69) is 6.92 Å². The Hall–Kier alpha value is -1.13. The van der Waals surface area contributed by atoms with Crippen LogP contribution in [-0.2, 0) is 6.54 Å². The van der Waals surface area contributed by atoms with Gasteiger partial charge in [0.2, 0.25) is 0 Å². The molecule has 1 aromatic carbocycles. The summed E-state index contributed by atoms with van der Waals surface area (Å²) in [4.78, 5) is 2.03. The first-order chi connectivity index (χ1) is 7.72. The molecule has 0 aromatic heterocycles. The van der Waals surface area contributed by atoms with E-state index in [-0.39, 0.29) is 12.4 Å². The van der Waals surface area contributed by atoms with E-state index in [1.807, 2.05) is 4.90 Å². The van der Waals surface area contributed by atoms with Crippen molar-refractivity contribution in [3.8, 4) is 0 Å². The van der Waals surface area contributed by atoms with Gasteiger partial charge in [-0.05, 0) is 30.2 Å². The second kappa shape index (κ2) is 6.45. The Morgan fingerprint density at radius 3 is 2.69 bits per heavy atom. The highest BCUT2D eigenvalue weighted by molar-refractivity contribution is 5.53. The highest BCUT2D eigenvalue weighted by Crippen LogP contribution is 2.21. The maximum atomic E-state index is 13.0. The second-order valence-electron chi connectivity index (χ2n) is 3.69. The third-order valence-corrected chi connectivity index (χ3v) is 2.47. The molecular weight excluding hydrogens is 207 g/mol. The van der Waals surface area contributed by atoms with Gasteiger partial charge in [0.25, 0.3) is 0 Å². The maximum Gasteiger partial charge on any atom is 0.123 e. The molecule has 0 unspecified atom stereocenters. The summed E-state index contributed by atoms with van der Waals surface area (Å²) in [5.74, 6) is -0.273. The second-order valence-corrected chi connectivity index (χ2v) is 3.69. The third kappa shape index (κ3) is 3.18. The summed E-state index contributed by atoms with van der Waals surface area (Å²) < 4.78 is 13.0. The van der Waals surface area contributed by atoms with E-state index in [0.717, 1.165) is 24.2 Å². The van der Waals surface area contributed by atoms with Crippen LogP contribution in [0.5, 0.6) is 0 Å². The number of nitrogens with zero attached hydrogens (tertiary/aromatic N) is 1. The van der Waals surface area contributed by atoms with Crippen molar-refractivity contribution in [2.24, 2.45) is 5.73 Å². The SMILES string of the molecule is CCCN(CCO)c1ccc(F)cc1CN. The van der Waals surface area contributed by atoms with Crippen LogP contribution in [0.4, 0.5) is 10.1 Å². The molecule has 1 aromatic rings. The van der Waals surface area contributed by atoms with E-state index in [0.29, 0.717) is 13.1 Å². The minimum absolute atomic E-state index is 0.0847. The summed E-state index contributed by atoms with van der Waals surface area (Å²) in [5, 5.41) is 9.00. The van der Waals surface area contributed by atoms with Crippen LogP contribution in [0, 0.1) is 5.82 Å². The largest absolute Gasteiger partial charge is 0.395 e. The molecule has 3 nitrogen and oxygen atoms in total. The Bertz CT molecular complexity index is 325. The quantitative estimate of drug-likeness (QED) is 0.772. The molecule has 0 heterocycles. The lowest BCUT2D eigenvalue weighted by molar-refractivity contribution is 0.301. The van der Waals surface area contributed by atoms with E-state index in [9.17, 15) is 4.39 Å². The summed E-state index contributed by atoms with van der Waals surface area (Å²) in [6.07, 6.45) is 0.974. The predicted molar refractivity (Wildman–Crippen MR) is 63.9 cm³/mol. The van der Waals surface area contributed by atoms with Gasteiger partial charge in [-0.2, -0.15) is 0 Å². The number of rotatable bonds is 6. The Morgan fingerprint density at radius 1 is 1.38 bits per heavy atom. The van der Waals surface area contributed by atoms with Gasteiger partial charge in [0.15, 0.2) is 0 Å². The van der Waals surface area contributed by atoms with Crippen molar-refractivity contribution in [1.29, 1.82) is 0 Å². The van der Waals surface area contributed by atoms with Crippen LogP contribution >= 0.6 is 0 Å². The zero-order valence-electron chi connectivity index (χ0n) is 9.62. The van der Waals surface area contributed by atoms with Crippen molar-refractivity contribution in [2.45, 2.75) is 19.9 Å². The van der Waals surface area contributed by atoms with Crippen LogP contribution in [0.2, 0.25) is 0 Å². The summed E-state index contributed by atoms with van der Waals surface area (Å²) in [6, 6.07) is 4.60. The number of hydrogen-bond acceptors (Lipinski definition) is 3. The van der Waals surface area contributed by atoms with Crippen molar-refractivity contribution in [2.75, 3.05) is 24.6 Å². The molecule has 0 saturated carbocycles. The molecule has 3 N–H and O–H groups in total. The summed E-state index contributed by atoms with van der Waals surface area (Å²) in [7, 11) is 0. The highest BCUT2D eigenvalue weighted by atomic mass is 19.1. The maximum absolute atomic E-state index is 13.0. The van der Waals surface area contributed by atoms with Crippen LogP contribution in [0.1, 0.15) is 18.9 Å². The molecule has 0 spiro atoms. The minimum Gasteiger partial charge on any atom is -0.395 e. The average molecular weight is 226 g/mol. The number of halogens is 1. The lowest BCUT2D eigenvalue weighted by atomic mass is 10.1. The zero-order chi connectivity index (χ0) is 12.0. The molecule has 4 heteroatoms. The molecule has 0 bridgehead atoms.